The molecule has 1 saturated heterocycles. The third-order valence-electron chi connectivity index (χ3n) is 6.09. The van der Waals surface area contributed by atoms with Crippen LogP contribution in [0.15, 0.2) is 18.2 Å². The topological polar surface area (TPSA) is 102 Å². The lowest BCUT2D eigenvalue weighted by atomic mass is 9.97. The van der Waals surface area contributed by atoms with E-state index < -0.39 is 11.7 Å². The molecular formula is C20H23ClFN5O3. The first-order valence-electron chi connectivity index (χ1n) is 9.70. The van der Waals surface area contributed by atoms with Crippen LogP contribution < -0.4 is 11.1 Å². The fourth-order valence-corrected chi connectivity index (χ4v) is 4.83. The summed E-state index contributed by atoms with van der Waals surface area (Å²) in [6, 6.07) is 3.98. The van der Waals surface area contributed by atoms with Crippen LogP contribution in [-0.2, 0) is 11.8 Å². The lowest BCUT2D eigenvalue weighted by Gasteiger charge is -2.17. The Balaban J connectivity index is 1.54. The van der Waals surface area contributed by atoms with Gasteiger partial charge in [-0.2, -0.15) is 5.10 Å². The van der Waals surface area contributed by atoms with Crippen LogP contribution in [-0.4, -0.2) is 46.9 Å². The van der Waals surface area contributed by atoms with Crippen molar-refractivity contribution < 1.29 is 18.7 Å². The second-order valence-corrected chi connectivity index (χ2v) is 8.32. The third-order valence-corrected chi connectivity index (χ3v) is 6.38. The molecule has 2 aromatic rings. The molecule has 2 fully saturated rings. The van der Waals surface area contributed by atoms with Gasteiger partial charge in [0.05, 0.1) is 17.8 Å². The summed E-state index contributed by atoms with van der Waals surface area (Å²) in [6.07, 6.45) is 1.33. The van der Waals surface area contributed by atoms with Crippen LogP contribution in [0.25, 0.3) is 0 Å². The number of nitrogens with two attached hydrogens (primary N) is 1. The molecule has 2 aliphatic rings. The average Bonchev–Trinajstić information content (AvgIpc) is 3.36. The van der Waals surface area contributed by atoms with Gasteiger partial charge in [0.1, 0.15) is 17.2 Å². The first-order chi connectivity index (χ1) is 14.3. The summed E-state index contributed by atoms with van der Waals surface area (Å²) in [4.78, 5) is 26.5. The Morgan fingerprint density at radius 1 is 1.30 bits per heavy atom. The Morgan fingerprint density at radius 3 is 2.57 bits per heavy atom. The number of anilines is 2. The summed E-state index contributed by atoms with van der Waals surface area (Å²) in [5.74, 6) is 0.0411. The minimum absolute atomic E-state index is 0.0702. The van der Waals surface area contributed by atoms with Gasteiger partial charge in [-0.05, 0) is 42.9 Å². The van der Waals surface area contributed by atoms with Crippen molar-refractivity contribution in [1.82, 2.24) is 14.7 Å². The van der Waals surface area contributed by atoms with Crippen molar-refractivity contribution in [2.75, 3.05) is 31.2 Å². The number of benzene rings is 1. The molecule has 2 amide bonds. The van der Waals surface area contributed by atoms with Crippen LogP contribution in [0.4, 0.5) is 20.7 Å². The summed E-state index contributed by atoms with van der Waals surface area (Å²) in [5, 5.41) is 7.18. The number of likely N-dealkylation sites (tertiary alicyclic amines) is 1. The summed E-state index contributed by atoms with van der Waals surface area (Å²) in [7, 11) is 3.08. The van der Waals surface area contributed by atoms with Gasteiger partial charge < -0.3 is 20.7 Å². The van der Waals surface area contributed by atoms with Crippen molar-refractivity contribution in [3.8, 4) is 0 Å². The fourth-order valence-electron chi connectivity index (χ4n) is 4.65. The summed E-state index contributed by atoms with van der Waals surface area (Å²) in [6.45, 7) is 1.29. The van der Waals surface area contributed by atoms with Crippen molar-refractivity contribution >= 4 is 35.1 Å². The van der Waals surface area contributed by atoms with E-state index in [-0.39, 0.29) is 22.9 Å². The zero-order valence-corrected chi connectivity index (χ0v) is 17.4. The molecule has 4 rings (SSSR count). The van der Waals surface area contributed by atoms with E-state index in [1.807, 2.05) is 0 Å². The number of fused-ring (bicyclic) bond motifs is 1. The highest BCUT2D eigenvalue weighted by molar-refractivity contribution is 6.31. The van der Waals surface area contributed by atoms with Gasteiger partial charge >= 0.3 is 6.09 Å². The molecule has 3 N–H and O–H groups in total. The van der Waals surface area contributed by atoms with E-state index in [9.17, 15) is 14.0 Å². The second-order valence-electron chi connectivity index (χ2n) is 7.92. The molecule has 1 saturated carbocycles. The van der Waals surface area contributed by atoms with Crippen LogP contribution in [0.1, 0.15) is 34.8 Å². The third kappa shape index (κ3) is 3.58. The number of ether oxygens (including phenoxy) is 1. The number of rotatable bonds is 3. The summed E-state index contributed by atoms with van der Waals surface area (Å²) >= 11 is 5.81. The Morgan fingerprint density at radius 2 is 1.97 bits per heavy atom. The number of nitrogens with zero attached hydrogens (tertiary/aromatic N) is 3. The zero-order chi connectivity index (χ0) is 21.6. The van der Waals surface area contributed by atoms with Crippen LogP contribution >= 0.6 is 11.6 Å². The minimum Gasteiger partial charge on any atom is -0.453 e. The molecule has 1 aromatic carbocycles. The van der Waals surface area contributed by atoms with Gasteiger partial charge in [0, 0.05) is 31.7 Å². The standard InChI is InChI=1S/C20H23ClFN5O3/c1-26-18(23)16(19(28)24-13-3-4-15(22)14(21)7-13)17(25-26)10-5-11-8-27(20(29)30-2)9-12(11)6-10/h3-4,7,10-12H,5-6,8-9,23H2,1-2H3,(H,24,28). The number of carbonyl (C=O) groups is 2. The van der Waals surface area contributed by atoms with Crippen LogP contribution in [0, 0.1) is 17.7 Å². The number of hydrogen-bond donors (Lipinski definition) is 2. The Hall–Kier alpha value is -2.81. The van der Waals surface area contributed by atoms with Crippen molar-refractivity contribution in [1.29, 1.82) is 0 Å². The normalized spacial score (nSPS) is 22.8. The molecule has 2 unspecified atom stereocenters. The highest BCUT2D eigenvalue weighted by atomic mass is 35.5. The highest BCUT2D eigenvalue weighted by Crippen LogP contribution is 2.47. The van der Waals surface area contributed by atoms with Gasteiger partial charge in [-0.25, -0.2) is 9.18 Å². The Bertz CT molecular complexity index is 997. The smallest absolute Gasteiger partial charge is 0.409 e. The molecule has 10 heteroatoms. The quantitative estimate of drug-likeness (QED) is 0.770. The SMILES string of the molecule is COC(=O)N1CC2CC(c3nn(C)c(N)c3C(=O)Nc3ccc(F)c(Cl)c3)CC2C1. The molecule has 8 nitrogen and oxygen atoms in total. The molecule has 1 aliphatic carbocycles. The molecule has 0 radical (unpaired) electrons. The van der Waals surface area contributed by atoms with Gasteiger partial charge in [-0.15, -0.1) is 0 Å². The maximum absolute atomic E-state index is 13.4. The van der Waals surface area contributed by atoms with Crippen molar-refractivity contribution in [3.63, 3.8) is 0 Å². The van der Waals surface area contributed by atoms with E-state index in [4.69, 9.17) is 22.1 Å². The van der Waals surface area contributed by atoms with E-state index >= 15 is 0 Å². The minimum atomic E-state index is -0.560. The molecule has 30 heavy (non-hydrogen) atoms. The number of nitrogen functional groups attached to an aromatic ring is 1. The molecule has 160 valence electrons. The molecule has 0 spiro atoms. The first kappa shape index (κ1) is 20.5. The van der Waals surface area contributed by atoms with E-state index in [0.29, 0.717) is 41.9 Å². The number of nitrogens with one attached hydrogen (secondary N) is 1. The van der Waals surface area contributed by atoms with E-state index in [0.717, 1.165) is 12.8 Å². The van der Waals surface area contributed by atoms with Crippen LogP contribution in [0.3, 0.4) is 0 Å². The second kappa shape index (κ2) is 7.79. The number of amides is 2. The average molecular weight is 436 g/mol. The van der Waals surface area contributed by atoms with E-state index in [2.05, 4.69) is 10.4 Å². The molecule has 0 bridgehead atoms. The number of aromatic nitrogens is 2. The number of carbonyl (C=O) groups excluding carboxylic acids is 2. The fraction of sp³-hybridized carbons (Fsp3) is 0.450. The number of hydrogen-bond acceptors (Lipinski definition) is 5. The lowest BCUT2D eigenvalue weighted by Crippen LogP contribution is -2.29. The lowest BCUT2D eigenvalue weighted by molar-refractivity contribution is 0.102. The number of aryl methyl sites for hydroxylation is 1. The van der Waals surface area contributed by atoms with Crippen molar-refractivity contribution in [3.05, 3.63) is 40.3 Å². The van der Waals surface area contributed by atoms with Gasteiger partial charge in [0.2, 0.25) is 0 Å². The molecule has 1 aromatic heterocycles. The van der Waals surface area contributed by atoms with Crippen LogP contribution in [0.2, 0.25) is 5.02 Å². The summed E-state index contributed by atoms with van der Waals surface area (Å²) in [5.41, 5.74) is 7.51. The van der Waals surface area contributed by atoms with Gasteiger partial charge in [-0.3, -0.25) is 9.48 Å². The largest absolute Gasteiger partial charge is 0.453 e. The maximum atomic E-state index is 13.4. The predicted molar refractivity (Wildman–Crippen MR) is 110 cm³/mol. The molecule has 1 aliphatic heterocycles. The van der Waals surface area contributed by atoms with E-state index in [1.54, 1.807) is 11.9 Å². The van der Waals surface area contributed by atoms with E-state index in [1.165, 1.54) is 30.0 Å². The van der Waals surface area contributed by atoms with Gasteiger partial charge in [-0.1, -0.05) is 11.6 Å². The molecular weight excluding hydrogens is 413 g/mol. The first-order valence-corrected chi connectivity index (χ1v) is 10.1. The highest BCUT2D eigenvalue weighted by Gasteiger charge is 2.45. The Labute approximate surface area is 178 Å². The number of halogens is 2. The zero-order valence-electron chi connectivity index (χ0n) is 16.7. The van der Waals surface area contributed by atoms with Crippen molar-refractivity contribution in [2.24, 2.45) is 18.9 Å². The molecule has 2 atom stereocenters. The number of methoxy groups -OCH3 is 1. The van der Waals surface area contributed by atoms with Crippen molar-refractivity contribution in [2.45, 2.75) is 18.8 Å². The predicted octanol–water partition coefficient (Wildman–Crippen LogP) is 3.24. The van der Waals surface area contributed by atoms with Gasteiger partial charge in [0.15, 0.2) is 0 Å². The maximum Gasteiger partial charge on any atom is 0.409 e. The molecule has 2 heterocycles. The van der Waals surface area contributed by atoms with Gasteiger partial charge in [0.25, 0.3) is 5.91 Å². The monoisotopic (exact) mass is 435 g/mol. The Kier molecular flexibility index (Phi) is 5.31. The summed E-state index contributed by atoms with van der Waals surface area (Å²) < 4.78 is 19.7. The van der Waals surface area contributed by atoms with Crippen LogP contribution in [0.5, 0.6) is 0 Å².